The summed E-state index contributed by atoms with van der Waals surface area (Å²) < 4.78 is 11.2. The van der Waals surface area contributed by atoms with Gasteiger partial charge in [0.1, 0.15) is 0 Å². The lowest BCUT2D eigenvalue weighted by Gasteiger charge is -2.16. The predicted molar refractivity (Wildman–Crippen MR) is 74.9 cm³/mol. The van der Waals surface area contributed by atoms with Crippen molar-refractivity contribution in [2.75, 3.05) is 25.1 Å². The van der Waals surface area contributed by atoms with Crippen LogP contribution in [0.1, 0.15) is 24.1 Å². The number of halogens is 1. The minimum atomic E-state index is 0.231. The van der Waals surface area contributed by atoms with Gasteiger partial charge in [0, 0.05) is 13.1 Å². The molecule has 0 bridgehead atoms. The maximum atomic E-state index is 5.24. The normalized spacial score (nSPS) is 18.6. The zero-order chi connectivity index (χ0) is 14.1. The van der Waals surface area contributed by atoms with Gasteiger partial charge in [-0.25, -0.2) is 4.98 Å². The SMILES string of the molecule is COc1nc(N2CCC(c3nc(C)no3)C2)ncc1Br. The predicted octanol–water partition coefficient (Wildman–Crippen LogP) is 1.93. The monoisotopic (exact) mass is 339 g/mol. The van der Waals surface area contributed by atoms with E-state index in [0.717, 1.165) is 24.0 Å². The molecule has 0 aromatic carbocycles. The summed E-state index contributed by atoms with van der Waals surface area (Å²) in [6.07, 6.45) is 2.65. The molecule has 0 saturated carbocycles. The van der Waals surface area contributed by atoms with E-state index in [1.54, 1.807) is 13.3 Å². The topological polar surface area (TPSA) is 77.2 Å². The molecule has 8 heteroatoms. The zero-order valence-corrected chi connectivity index (χ0v) is 12.8. The molecule has 2 aromatic heterocycles. The Hall–Kier alpha value is -1.70. The highest BCUT2D eigenvalue weighted by Crippen LogP contribution is 2.30. The Labute approximate surface area is 124 Å². The molecule has 0 N–H and O–H groups in total. The van der Waals surface area contributed by atoms with Crippen molar-refractivity contribution >= 4 is 21.9 Å². The van der Waals surface area contributed by atoms with E-state index in [0.29, 0.717) is 23.5 Å². The molecule has 0 amide bonds. The summed E-state index contributed by atoms with van der Waals surface area (Å²) in [5.74, 6) is 2.78. The van der Waals surface area contributed by atoms with Crippen molar-refractivity contribution < 1.29 is 9.26 Å². The molecule has 1 aliphatic heterocycles. The molecular formula is C12H14BrN5O2. The van der Waals surface area contributed by atoms with E-state index in [-0.39, 0.29) is 5.92 Å². The van der Waals surface area contributed by atoms with E-state index >= 15 is 0 Å². The van der Waals surface area contributed by atoms with Gasteiger partial charge < -0.3 is 14.2 Å². The molecule has 1 aliphatic rings. The number of hydrogen-bond donors (Lipinski definition) is 0. The van der Waals surface area contributed by atoms with Gasteiger partial charge in [0.05, 0.1) is 23.7 Å². The molecule has 1 fully saturated rings. The van der Waals surface area contributed by atoms with Crippen LogP contribution in [0.25, 0.3) is 0 Å². The molecule has 1 atom stereocenters. The molecule has 20 heavy (non-hydrogen) atoms. The van der Waals surface area contributed by atoms with Crippen LogP contribution in [0.15, 0.2) is 15.2 Å². The van der Waals surface area contributed by atoms with E-state index in [1.807, 2.05) is 6.92 Å². The van der Waals surface area contributed by atoms with Gasteiger partial charge in [0.25, 0.3) is 0 Å². The van der Waals surface area contributed by atoms with E-state index in [4.69, 9.17) is 9.26 Å². The minimum absolute atomic E-state index is 0.231. The van der Waals surface area contributed by atoms with Crippen LogP contribution >= 0.6 is 15.9 Å². The minimum Gasteiger partial charge on any atom is -0.480 e. The second kappa shape index (κ2) is 5.35. The molecule has 7 nitrogen and oxygen atoms in total. The van der Waals surface area contributed by atoms with E-state index in [1.165, 1.54) is 0 Å². The summed E-state index contributed by atoms with van der Waals surface area (Å²) in [6, 6.07) is 0. The average molecular weight is 340 g/mol. The molecular weight excluding hydrogens is 326 g/mol. The highest BCUT2D eigenvalue weighted by molar-refractivity contribution is 9.10. The Balaban J connectivity index is 1.77. The summed E-state index contributed by atoms with van der Waals surface area (Å²) >= 11 is 3.35. The van der Waals surface area contributed by atoms with Gasteiger partial charge in [0.2, 0.25) is 17.7 Å². The Morgan fingerprint density at radius 1 is 1.45 bits per heavy atom. The van der Waals surface area contributed by atoms with Crippen LogP contribution in [0.5, 0.6) is 5.88 Å². The number of rotatable bonds is 3. The van der Waals surface area contributed by atoms with E-state index < -0.39 is 0 Å². The molecule has 1 saturated heterocycles. The Morgan fingerprint density at radius 3 is 3.00 bits per heavy atom. The van der Waals surface area contributed by atoms with Crippen LogP contribution in [-0.4, -0.2) is 40.3 Å². The Morgan fingerprint density at radius 2 is 2.30 bits per heavy atom. The fourth-order valence-electron chi connectivity index (χ4n) is 2.26. The van der Waals surface area contributed by atoms with Crippen molar-refractivity contribution in [2.45, 2.75) is 19.3 Å². The Kier molecular flexibility index (Phi) is 3.56. The first-order valence-electron chi connectivity index (χ1n) is 6.29. The first-order valence-corrected chi connectivity index (χ1v) is 7.08. The molecule has 1 unspecified atom stereocenters. The largest absolute Gasteiger partial charge is 0.480 e. The quantitative estimate of drug-likeness (QED) is 0.845. The molecule has 3 heterocycles. The van der Waals surface area contributed by atoms with Crippen molar-refractivity contribution in [3.63, 3.8) is 0 Å². The third-order valence-electron chi connectivity index (χ3n) is 3.26. The van der Waals surface area contributed by atoms with Crippen LogP contribution in [0, 0.1) is 6.92 Å². The van der Waals surface area contributed by atoms with Gasteiger partial charge in [-0.1, -0.05) is 5.16 Å². The van der Waals surface area contributed by atoms with Crippen LogP contribution in [-0.2, 0) is 0 Å². The number of hydrogen-bond acceptors (Lipinski definition) is 7. The lowest BCUT2D eigenvalue weighted by atomic mass is 10.1. The van der Waals surface area contributed by atoms with Gasteiger partial charge in [-0.2, -0.15) is 9.97 Å². The second-order valence-electron chi connectivity index (χ2n) is 4.64. The highest BCUT2D eigenvalue weighted by atomic mass is 79.9. The van der Waals surface area contributed by atoms with Gasteiger partial charge in [0.15, 0.2) is 5.82 Å². The summed E-state index contributed by atoms with van der Waals surface area (Å²) in [7, 11) is 1.59. The summed E-state index contributed by atoms with van der Waals surface area (Å²) in [5, 5.41) is 3.84. The standard InChI is InChI=1S/C12H14BrN5O2/c1-7-15-10(20-17-7)8-3-4-18(6-8)12-14-5-9(13)11(16-12)19-2/h5,8H,3-4,6H2,1-2H3. The van der Waals surface area contributed by atoms with Crippen LogP contribution in [0.3, 0.4) is 0 Å². The second-order valence-corrected chi connectivity index (χ2v) is 5.49. The van der Waals surface area contributed by atoms with Crippen molar-refractivity contribution in [3.8, 4) is 5.88 Å². The van der Waals surface area contributed by atoms with Gasteiger partial charge in [-0.05, 0) is 29.3 Å². The molecule has 0 spiro atoms. The number of aromatic nitrogens is 4. The smallest absolute Gasteiger partial charge is 0.232 e. The fourth-order valence-corrected chi connectivity index (χ4v) is 2.61. The van der Waals surface area contributed by atoms with Crippen molar-refractivity contribution in [1.29, 1.82) is 0 Å². The lowest BCUT2D eigenvalue weighted by molar-refractivity contribution is 0.356. The summed E-state index contributed by atoms with van der Waals surface area (Å²) in [5.41, 5.74) is 0. The highest BCUT2D eigenvalue weighted by Gasteiger charge is 2.29. The maximum absolute atomic E-state index is 5.24. The van der Waals surface area contributed by atoms with Crippen molar-refractivity contribution in [3.05, 3.63) is 22.4 Å². The van der Waals surface area contributed by atoms with E-state index in [9.17, 15) is 0 Å². The third kappa shape index (κ3) is 2.47. The number of nitrogens with zero attached hydrogens (tertiary/aromatic N) is 5. The van der Waals surface area contributed by atoms with Crippen molar-refractivity contribution in [2.24, 2.45) is 0 Å². The van der Waals surface area contributed by atoms with Crippen LogP contribution < -0.4 is 9.64 Å². The van der Waals surface area contributed by atoms with Gasteiger partial charge >= 0.3 is 0 Å². The lowest BCUT2D eigenvalue weighted by Crippen LogP contribution is -2.22. The number of aryl methyl sites for hydroxylation is 1. The summed E-state index contributed by atoms with van der Waals surface area (Å²) in [6.45, 7) is 3.45. The number of methoxy groups -OCH3 is 1. The zero-order valence-electron chi connectivity index (χ0n) is 11.2. The molecule has 0 aliphatic carbocycles. The van der Waals surface area contributed by atoms with Crippen LogP contribution in [0.4, 0.5) is 5.95 Å². The molecule has 0 radical (unpaired) electrons. The first-order chi connectivity index (χ1) is 9.67. The van der Waals surface area contributed by atoms with Gasteiger partial charge in [-0.3, -0.25) is 0 Å². The maximum Gasteiger partial charge on any atom is 0.232 e. The molecule has 3 rings (SSSR count). The van der Waals surface area contributed by atoms with Gasteiger partial charge in [-0.15, -0.1) is 0 Å². The third-order valence-corrected chi connectivity index (χ3v) is 3.80. The van der Waals surface area contributed by atoms with Crippen LogP contribution in [0.2, 0.25) is 0 Å². The van der Waals surface area contributed by atoms with Crippen molar-refractivity contribution in [1.82, 2.24) is 20.1 Å². The van der Waals surface area contributed by atoms with E-state index in [2.05, 4.69) is 40.9 Å². The number of ether oxygens (including phenoxy) is 1. The fraction of sp³-hybridized carbons (Fsp3) is 0.500. The summed E-state index contributed by atoms with van der Waals surface area (Å²) in [4.78, 5) is 15.1. The first kappa shape index (κ1) is 13.3. The molecule has 2 aromatic rings. The molecule has 106 valence electrons. The average Bonchev–Trinajstić information content (AvgIpc) is 3.08. The Bertz CT molecular complexity index is 618. The number of anilines is 1.